The number of nitrogens with two attached hydrogens (primary N) is 1. The standard InChI is InChI=1S/C27H26N8O5/c28-14-18-1-5-20(6-2-18)25(36)34-16-24-22(13-23(34)26(37)31-9-11-32(12-10-31)27(29)38)30-17-33(24)15-19-3-7-21(8-4-19)35(39)40/h1-8,17,23H,9-13,15-16H2,(H2,29,38). The number of amides is 4. The maximum Gasteiger partial charge on any atom is 0.314 e. The van der Waals surface area contributed by atoms with Crippen LogP contribution in [0.4, 0.5) is 10.5 Å². The second-order valence-corrected chi connectivity index (χ2v) is 9.68. The lowest BCUT2D eigenvalue weighted by Gasteiger charge is -2.40. The first-order valence-electron chi connectivity index (χ1n) is 12.7. The molecule has 204 valence electrons. The molecule has 1 fully saturated rings. The number of nitriles is 1. The summed E-state index contributed by atoms with van der Waals surface area (Å²) in [4.78, 5) is 58.7. The highest BCUT2D eigenvalue weighted by Gasteiger charge is 2.40. The molecule has 40 heavy (non-hydrogen) atoms. The smallest absolute Gasteiger partial charge is 0.314 e. The minimum atomic E-state index is -0.807. The second-order valence-electron chi connectivity index (χ2n) is 9.68. The molecule has 0 radical (unpaired) electrons. The predicted octanol–water partition coefficient (Wildman–Crippen LogP) is 1.50. The third-order valence-corrected chi connectivity index (χ3v) is 7.33. The lowest BCUT2D eigenvalue weighted by Crippen LogP contribution is -2.58. The lowest BCUT2D eigenvalue weighted by molar-refractivity contribution is -0.384. The molecule has 2 aliphatic rings. The average molecular weight is 543 g/mol. The third-order valence-electron chi connectivity index (χ3n) is 7.33. The number of primary amides is 1. The zero-order valence-corrected chi connectivity index (χ0v) is 21.5. The van der Waals surface area contributed by atoms with E-state index in [4.69, 9.17) is 11.0 Å². The first-order valence-corrected chi connectivity index (χ1v) is 12.7. The molecule has 0 bridgehead atoms. The van der Waals surface area contributed by atoms with Gasteiger partial charge in [0.25, 0.3) is 11.6 Å². The molecule has 3 heterocycles. The number of carbonyl (C=O) groups excluding carboxylic acids is 3. The summed E-state index contributed by atoms with van der Waals surface area (Å²) in [5, 5.41) is 20.1. The van der Waals surface area contributed by atoms with Gasteiger partial charge in [-0.15, -0.1) is 0 Å². The predicted molar refractivity (Wildman–Crippen MR) is 141 cm³/mol. The van der Waals surface area contributed by atoms with Crippen molar-refractivity contribution in [2.24, 2.45) is 5.73 Å². The summed E-state index contributed by atoms with van der Waals surface area (Å²) in [5.74, 6) is -0.589. The number of urea groups is 1. The van der Waals surface area contributed by atoms with Crippen LogP contribution in [0, 0.1) is 21.4 Å². The molecule has 0 spiro atoms. The van der Waals surface area contributed by atoms with Gasteiger partial charge in [0.1, 0.15) is 6.04 Å². The molecule has 3 aromatic rings. The van der Waals surface area contributed by atoms with Gasteiger partial charge in [-0.25, -0.2) is 9.78 Å². The van der Waals surface area contributed by atoms with Gasteiger partial charge >= 0.3 is 6.03 Å². The number of carbonyl (C=O) groups is 3. The summed E-state index contributed by atoms with van der Waals surface area (Å²) < 4.78 is 1.88. The van der Waals surface area contributed by atoms with E-state index >= 15 is 0 Å². The molecule has 1 unspecified atom stereocenters. The van der Waals surface area contributed by atoms with Gasteiger partial charge in [-0.05, 0) is 29.8 Å². The van der Waals surface area contributed by atoms with Crippen LogP contribution in [-0.2, 0) is 24.3 Å². The highest BCUT2D eigenvalue weighted by atomic mass is 16.6. The van der Waals surface area contributed by atoms with Gasteiger partial charge in [-0.3, -0.25) is 19.7 Å². The maximum absolute atomic E-state index is 13.8. The number of nitro groups is 1. The number of fused-ring (bicyclic) bond motifs is 1. The molecule has 1 saturated heterocycles. The monoisotopic (exact) mass is 542 g/mol. The number of nitrogens with zero attached hydrogens (tertiary/aromatic N) is 7. The summed E-state index contributed by atoms with van der Waals surface area (Å²) in [6.45, 7) is 1.74. The summed E-state index contributed by atoms with van der Waals surface area (Å²) in [5.41, 5.74) is 8.42. The van der Waals surface area contributed by atoms with Crippen molar-refractivity contribution in [3.8, 4) is 6.07 Å². The topological polar surface area (TPSA) is 172 Å². The Labute approximate surface area is 229 Å². The molecule has 0 aliphatic carbocycles. The fourth-order valence-electron chi connectivity index (χ4n) is 5.07. The van der Waals surface area contributed by atoms with E-state index in [0.717, 1.165) is 11.3 Å². The van der Waals surface area contributed by atoms with Crippen LogP contribution in [0.15, 0.2) is 54.9 Å². The van der Waals surface area contributed by atoms with E-state index in [1.54, 1.807) is 47.6 Å². The molecule has 2 N–H and O–H groups in total. The lowest BCUT2D eigenvalue weighted by atomic mass is 9.99. The number of aromatic nitrogens is 2. The van der Waals surface area contributed by atoms with Gasteiger partial charge in [0.05, 0.1) is 40.8 Å². The molecule has 2 aliphatic heterocycles. The molecule has 4 amide bonds. The van der Waals surface area contributed by atoms with Crippen molar-refractivity contribution in [1.82, 2.24) is 24.3 Å². The largest absolute Gasteiger partial charge is 0.351 e. The van der Waals surface area contributed by atoms with Gasteiger partial charge in [0.15, 0.2) is 0 Å². The molecule has 13 heteroatoms. The minimum Gasteiger partial charge on any atom is -0.351 e. The number of hydrogen-bond donors (Lipinski definition) is 1. The van der Waals surface area contributed by atoms with E-state index in [1.807, 2.05) is 10.6 Å². The zero-order valence-electron chi connectivity index (χ0n) is 21.5. The van der Waals surface area contributed by atoms with Crippen LogP contribution in [0.5, 0.6) is 0 Å². The van der Waals surface area contributed by atoms with Crippen LogP contribution in [-0.4, -0.2) is 79.2 Å². The Kier molecular flexibility index (Phi) is 7.15. The van der Waals surface area contributed by atoms with Gasteiger partial charge < -0.3 is 25.0 Å². The summed E-state index contributed by atoms with van der Waals surface area (Å²) >= 11 is 0. The average Bonchev–Trinajstić information content (AvgIpc) is 3.37. The maximum atomic E-state index is 13.8. The number of rotatable bonds is 5. The quantitative estimate of drug-likeness (QED) is 0.376. The van der Waals surface area contributed by atoms with Gasteiger partial charge in [0, 0.05) is 56.8 Å². The van der Waals surface area contributed by atoms with Crippen LogP contribution in [0.1, 0.15) is 32.9 Å². The van der Waals surface area contributed by atoms with Crippen molar-refractivity contribution in [2.75, 3.05) is 26.2 Å². The Morgan fingerprint density at radius 3 is 2.27 bits per heavy atom. The van der Waals surface area contributed by atoms with E-state index in [0.29, 0.717) is 49.5 Å². The number of piperazine rings is 1. The Bertz CT molecular complexity index is 1500. The van der Waals surface area contributed by atoms with Crippen LogP contribution < -0.4 is 5.73 Å². The molecule has 13 nitrogen and oxygen atoms in total. The first kappa shape index (κ1) is 26.4. The molecular weight excluding hydrogens is 516 g/mol. The molecule has 0 saturated carbocycles. The minimum absolute atomic E-state index is 0.00591. The summed E-state index contributed by atoms with van der Waals surface area (Å²) in [6.07, 6.45) is 1.86. The number of non-ortho nitro benzene ring substituents is 1. The van der Waals surface area contributed by atoms with Crippen LogP contribution >= 0.6 is 0 Å². The van der Waals surface area contributed by atoms with Crippen LogP contribution in [0.2, 0.25) is 0 Å². The number of hydrogen-bond acceptors (Lipinski definition) is 7. The zero-order chi connectivity index (χ0) is 28.4. The van der Waals surface area contributed by atoms with Crippen molar-refractivity contribution >= 4 is 23.5 Å². The Hall–Kier alpha value is -5.25. The van der Waals surface area contributed by atoms with E-state index in [9.17, 15) is 24.5 Å². The molecule has 2 aromatic carbocycles. The van der Waals surface area contributed by atoms with Crippen LogP contribution in [0.3, 0.4) is 0 Å². The number of benzene rings is 2. The van der Waals surface area contributed by atoms with E-state index in [1.165, 1.54) is 21.9 Å². The molecular formula is C27H26N8O5. The van der Waals surface area contributed by atoms with Crippen molar-refractivity contribution < 1.29 is 19.3 Å². The van der Waals surface area contributed by atoms with Crippen molar-refractivity contribution in [2.45, 2.75) is 25.6 Å². The molecule has 5 rings (SSSR count). The normalized spacial score (nSPS) is 16.7. The number of nitro benzene ring substituents is 1. The van der Waals surface area contributed by atoms with Crippen LogP contribution in [0.25, 0.3) is 0 Å². The van der Waals surface area contributed by atoms with Crippen molar-refractivity contribution in [1.29, 1.82) is 5.26 Å². The third kappa shape index (κ3) is 5.19. The Morgan fingerprint density at radius 1 is 1.02 bits per heavy atom. The summed E-state index contributed by atoms with van der Waals surface area (Å²) in [6, 6.07) is 13.2. The van der Waals surface area contributed by atoms with Gasteiger partial charge in [0.2, 0.25) is 5.91 Å². The Balaban J connectivity index is 1.43. The highest BCUT2D eigenvalue weighted by molar-refractivity contribution is 5.98. The van der Waals surface area contributed by atoms with E-state index < -0.39 is 17.0 Å². The Morgan fingerprint density at radius 2 is 1.68 bits per heavy atom. The molecule has 1 atom stereocenters. The van der Waals surface area contributed by atoms with E-state index in [2.05, 4.69) is 4.98 Å². The highest BCUT2D eigenvalue weighted by Crippen LogP contribution is 2.27. The SMILES string of the molecule is N#Cc1ccc(C(=O)N2Cc3c(ncn3Cc3ccc([N+](=O)[O-])cc3)CC2C(=O)N2CCN(C(N)=O)CC2)cc1. The van der Waals surface area contributed by atoms with E-state index in [-0.39, 0.29) is 30.5 Å². The second kappa shape index (κ2) is 10.9. The summed E-state index contributed by atoms with van der Waals surface area (Å²) in [7, 11) is 0. The number of imidazole rings is 1. The molecule has 1 aromatic heterocycles. The first-order chi connectivity index (χ1) is 19.2. The fourth-order valence-corrected chi connectivity index (χ4v) is 5.07. The van der Waals surface area contributed by atoms with Crippen molar-refractivity contribution in [3.05, 3.63) is 93.1 Å². The van der Waals surface area contributed by atoms with Gasteiger partial charge in [-0.2, -0.15) is 5.26 Å². The van der Waals surface area contributed by atoms with Crippen molar-refractivity contribution in [3.63, 3.8) is 0 Å². The van der Waals surface area contributed by atoms with Gasteiger partial charge in [-0.1, -0.05) is 12.1 Å². The fraction of sp³-hybridized carbons (Fsp3) is 0.296.